The molecular formula is C18H22N6O. The van der Waals surface area contributed by atoms with Gasteiger partial charge in [0.15, 0.2) is 0 Å². The maximum absolute atomic E-state index is 5.56. The van der Waals surface area contributed by atoms with Crippen LogP contribution in [0.25, 0.3) is 23.0 Å². The van der Waals surface area contributed by atoms with Crippen molar-refractivity contribution in [1.82, 2.24) is 30.2 Å². The maximum atomic E-state index is 5.56. The van der Waals surface area contributed by atoms with Crippen molar-refractivity contribution >= 4 is 0 Å². The summed E-state index contributed by atoms with van der Waals surface area (Å²) in [5, 5.41) is 12.1. The number of aryl methyl sites for hydroxylation is 3. The van der Waals surface area contributed by atoms with E-state index in [2.05, 4.69) is 32.5 Å². The standard InChI is InChI=1S/C18H22N6O/c1-4-5-13-8-15(24(3)22-13)18-21-17(23-25-18)16-11(2)20-10-12-9-19-7-6-14(12)16/h8,10,19H,4-7,9H2,1-3H3. The van der Waals surface area contributed by atoms with Crippen LogP contribution in [0.15, 0.2) is 16.8 Å². The molecule has 0 radical (unpaired) electrons. The largest absolute Gasteiger partial charge is 0.332 e. The van der Waals surface area contributed by atoms with Crippen LogP contribution < -0.4 is 5.32 Å². The Morgan fingerprint density at radius 2 is 2.24 bits per heavy atom. The number of nitrogens with zero attached hydrogens (tertiary/aromatic N) is 5. The number of nitrogens with one attached hydrogen (secondary N) is 1. The fourth-order valence-electron chi connectivity index (χ4n) is 3.40. The molecule has 130 valence electrons. The minimum absolute atomic E-state index is 0.498. The topological polar surface area (TPSA) is 81.7 Å². The molecule has 0 fully saturated rings. The Kier molecular flexibility index (Phi) is 4.09. The molecule has 0 unspecified atom stereocenters. The molecule has 4 heterocycles. The van der Waals surface area contributed by atoms with Gasteiger partial charge in [-0.05, 0) is 43.5 Å². The van der Waals surface area contributed by atoms with Gasteiger partial charge in [0.05, 0.1) is 5.69 Å². The number of pyridine rings is 1. The molecule has 0 atom stereocenters. The quantitative estimate of drug-likeness (QED) is 0.787. The van der Waals surface area contributed by atoms with Crippen LogP contribution >= 0.6 is 0 Å². The van der Waals surface area contributed by atoms with Crippen LogP contribution in [-0.4, -0.2) is 31.4 Å². The zero-order chi connectivity index (χ0) is 17.4. The lowest BCUT2D eigenvalue weighted by Gasteiger charge is -2.19. The molecule has 7 nitrogen and oxygen atoms in total. The Morgan fingerprint density at radius 1 is 1.36 bits per heavy atom. The first-order valence-corrected chi connectivity index (χ1v) is 8.72. The zero-order valence-electron chi connectivity index (χ0n) is 14.8. The monoisotopic (exact) mass is 338 g/mol. The van der Waals surface area contributed by atoms with E-state index >= 15 is 0 Å². The molecule has 0 saturated heterocycles. The number of fused-ring (bicyclic) bond motifs is 1. The molecule has 1 aliphatic rings. The first-order chi connectivity index (χ1) is 12.2. The van der Waals surface area contributed by atoms with Crippen LogP contribution in [0.4, 0.5) is 0 Å². The Labute approximate surface area is 146 Å². The lowest BCUT2D eigenvalue weighted by Crippen LogP contribution is -2.24. The summed E-state index contributed by atoms with van der Waals surface area (Å²) in [6, 6.07) is 2.02. The number of rotatable bonds is 4. The molecule has 0 spiro atoms. The third-order valence-corrected chi connectivity index (χ3v) is 4.64. The van der Waals surface area contributed by atoms with Gasteiger partial charge >= 0.3 is 0 Å². The first kappa shape index (κ1) is 16.0. The Morgan fingerprint density at radius 3 is 3.08 bits per heavy atom. The highest BCUT2D eigenvalue weighted by molar-refractivity contribution is 5.66. The fraction of sp³-hybridized carbons (Fsp3) is 0.444. The highest BCUT2D eigenvalue weighted by Gasteiger charge is 2.22. The summed E-state index contributed by atoms with van der Waals surface area (Å²) in [6.07, 6.45) is 4.89. The molecule has 0 aliphatic carbocycles. The maximum Gasteiger partial charge on any atom is 0.276 e. The van der Waals surface area contributed by atoms with E-state index in [0.29, 0.717) is 11.7 Å². The van der Waals surface area contributed by atoms with Gasteiger partial charge in [0.25, 0.3) is 5.89 Å². The van der Waals surface area contributed by atoms with E-state index in [-0.39, 0.29) is 0 Å². The Bertz CT molecular complexity index is 910. The summed E-state index contributed by atoms with van der Waals surface area (Å²) in [6.45, 7) is 5.93. The minimum atomic E-state index is 0.498. The summed E-state index contributed by atoms with van der Waals surface area (Å²) in [7, 11) is 1.90. The zero-order valence-corrected chi connectivity index (χ0v) is 14.8. The SMILES string of the molecule is CCCc1cc(-c2nc(-c3c(C)ncc4c3CCNC4)no2)n(C)n1. The van der Waals surface area contributed by atoms with E-state index in [1.165, 1.54) is 11.1 Å². The number of aromatic nitrogens is 5. The second kappa shape index (κ2) is 6.40. The predicted octanol–water partition coefficient (Wildman–Crippen LogP) is 2.44. The van der Waals surface area contributed by atoms with E-state index in [1.54, 1.807) is 4.68 Å². The van der Waals surface area contributed by atoms with Crippen LogP contribution in [0, 0.1) is 6.92 Å². The second-order valence-corrected chi connectivity index (χ2v) is 6.47. The molecule has 0 bridgehead atoms. The van der Waals surface area contributed by atoms with Crippen molar-refractivity contribution in [2.75, 3.05) is 6.54 Å². The van der Waals surface area contributed by atoms with Crippen LogP contribution in [0.5, 0.6) is 0 Å². The lowest BCUT2D eigenvalue weighted by atomic mass is 9.95. The van der Waals surface area contributed by atoms with Gasteiger partial charge in [-0.2, -0.15) is 10.1 Å². The van der Waals surface area contributed by atoms with E-state index in [0.717, 1.165) is 55.0 Å². The van der Waals surface area contributed by atoms with Gasteiger partial charge in [0.2, 0.25) is 5.82 Å². The Hall–Kier alpha value is -2.54. The number of hydrogen-bond donors (Lipinski definition) is 1. The molecule has 7 heteroatoms. The molecule has 0 aromatic carbocycles. The Balaban J connectivity index is 1.75. The first-order valence-electron chi connectivity index (χ1n) is 8.72. The molecule has 3 aromatic heterocycles. The minimum Gasteiger partial charge on any atom is -0.332 e. The van der Waals surface area contributed by atoms with Crippen LogP contribution in [-0.2, 0) is 26.4 Å². The predicted molar refractivity (Wildman–Crippen MR) is 93.9 cm³/mol. The van der Waals surface area contributed by atoms with E-state index < -0.39 is 0 Å². The fourth-order valence-corrected chi connectivity index (χ4v) is 3.40. The van der Waals surface area contributed by atoms with Crippen molar-refractivity contribution in [1.29, 1.82) is 0 Å². The average molecular weight is 338 g/mol. The highest BCUT2D eigenvalue weighted by atomic mass is 16.5. The normalized spacial score (nSPS) is 13.9. The third kappa shape index (κ3) is 2.84. The van der Waals surface area contributed by atoms with Gasteiger partial charge in [0.1, 0.15) is 5.69 Å². The summed E-state index contributed by atoms with van der Waals surface area (Å²) in [4.78, 5) is 9.17. The molecule has 3 aromatic rings. The molecule has 0 amide bonds. The van der Waals surface area contributed by atoms with E-state index in [4.69, 9.17) is 4.52 Å². The summed E-state index contributed by atoms with van der Waals surface area (Å²) < 4.78 is 7.36. The van der Waals surface area contributed by atoms with Crippen molar-refractivity contribution in [3.05, 3.63) is 34.8 Å². The molecule has 4 rings (SSSR count). The van der Waals surface area contributed by atoms with Crippen molar-refractivity contribution in [3.8, 4) is 23.0 Å². The van der Waals surface area contributed by atoms with Gasteiger partial charge in [-0.3, -0.25) is 9.67 Å². The lowest BCUT2D eigenvalue weighted by molar-refractivity contribution is 0.428. The molecular weight excluding hydrogens is 316 g/mol. The van der Waals surface area contributed by atoms with Gasteiger partial charge in [-0.15, -0.1) is 0 Å². The van der Waals surface area contributed by atoms with Crippen LogP contribution in [0.2, 0.25) is 0 Å². The number of hydrogen-bond acceptors (Lipinski definition) is 6. The molecule has 25 heavy (non-hydrogen) atoms. The van der Waals surface area contributed by atoms with Gasteiger partial charge < -0.3 is 9.84 Å². The van der Waals surface area contributed by atoms with Gasteiger partial charge in [-0.1, -0.05) is 18.5 Å². The van der Waals surface area contributed by atoms with Crippen molar-refractivity contribution in [2.45, 2.75) is 39.7 Å². The average Bonchev–Trinajstić information content (AvgIpc) is 3.22. The second-order valence-electron chi connectivity index (χ2n) is 6.47. The smallest absolute Gasteiger partial charge is 0.276 e. The third-order valence-electron chi connectivity index (χ3n) is 4.64. The molecule has 1 N–H and O–H groups in total. The summed E-state index contributed by atoms with van der Waals surface area (Å²) in [5.74, 6) is 1.11. The van der Waals surface area contributed by atoms with Crippen molar-refractivity contribution < 1.29 is 4.52 Å². The molecule has 1 aliphatic heterocycles. The van der Waals surface area contributed by atoms with Crippen LogP contribution in [0.1, 0.15) is 35.9 Å². The summed E-state index contributed by atoms with van der Waals surface area (Å²) >= 11 is 0. The van der Waals surface area contributed by atoms with E-state index in [1.807, 2.05) is 26.2 Å². The van der Waals surface area contributed by atoms with E-state index in [9.17, 15) is 0 Å². The molecule has 0 saturated carbocycles. The van der Waals surface area contributed by atoms with Gasteiger partial charge in [0, 0.05) is 31.0 Å². The van der Waals surface area contributed by atoms with Crippen LogP contribution in [0.3, 0.4) is 0 Å². The van der Waals surface area contributed by atoms with Crippen molar-refractivity contribution in [2.24, 2.45) is 7.05 Å². The van der Waals surface area contributed by atoms with Crippen molar-refractivity contribution in [3.63, 3.8) is 0 Å². The summed E-state index contributed by atoms with van der Waals surface area (Å²) in [5.41, 5.74) is 6.31. The highest BCUT2D eigenvalue weighted by Crippen LogP contribution is 2.30. The van der Waals surface area contributed by atoms with Gasteiger partial charge in [-0.25, -0.2) is 0 Å².